The minimum Gasteiger partial charge on any atom is -0.466 e. The predicted molar refractivity (Wildman–Crippen MR) is 77.2 cm³/mol. The van der Waals surface area contributed by atoms with Crippen LogP contribution in [0.4, 0.5) is 8.78 Å². The number of hydrogen-bond acceptors (Lipinski definition) is 4. The fraction of sp³-hybridized carbons (Fsp3) is 0.400. The number of nitrogens with two attached hydrogens (primary N) is 1. The second-order valence-electron chi connectivity index (χ2n) is 4.95. The molecule has 2 atom stereocenters. The Morgan fingerprint density at radius 3 is 2.43 bits per heavy atom. The van der Waals surface area contributed by atoms with Crippen molar-refractivity contribution < 1.29 is 27.9 Å². The van der Waals surface area contributed by atoms with E-state index in [4.69, 9.17) is 10.5 Å². The highest BCUT2D eigenvalue weighted by atomic mass is 19.2. The Balaban J connectivity index is 2.79. The molecule has 0 radical (unpaired) electrons. The quantitative estimate of drug-likeness (QED) is 0.733. The van der Waals surface area contributed by atoms with Gasteiger partial charge in [-0.15, -0.1) is 0 Å². The van der Waals surface area contributed by atoms with Crippen molar-refractivity contribution in [2.24, 2.45) is 11.7 Å². The van der Waals surface area contributed by atoms with Gasteiger partial charge in [0, 0.05) is 5.56 Å². The lowest BCUT2D eigenvalue weighted by Gasteiger charge is -2.19. The molecule has 0 saturated heterocycles. The van der Waals surface area contributed by atoms with Gasteiger partial charge in [0.25, 0.3) is 5.91 Å². The number of amides is 2. The highest BCUT2D eigenvalue weighted by molar-refractivity contribution is 5.97. The van der Waals surface area contributed by atoms with Gasteiger partial charge in [0.1, 0.15) is 6.04 Å². The molecule has 23 heavy (non-hydrogen) atoms. The van der Waals surface area contributed by atoms with E-state index in [1.165, 1.54) is 6.92 Å². The Bertz CT molecular complexity index is 607. The number of rotatable bonds is 7. The Labute approximate surface area is 132 Å². The molecule has 1 aromatic carbocycles. The number of carbonyl (C=O) groups is 3. The van der Waals surface area contributed by atoms with Gasteiger partial charge in [-0.05, 0) is 31.5 Å². The van der Waals surface area contributed by atoms with Crippen molar-refractivity contribution in [3.8, 4) is 0 Å². The van der Waals surface area contributed by atoms with Crippen LogP contribution in [0.25, 0.3) is 0 Å². The highest BCUT2D eigenvalue weighted by Gasteiger charge is 2.25. The maximum absolute atomic E-state index is 13.1. The number of halogens is 2. The molecule has 2 amide bonds. The zero-order valence-corrected chi connectivity index (χ0v) is 12.8. The van der Waals surface area contributed by atoms with Crippen molar-refractivity contribution in [1.29, 1.82) is 0 Å². The van der Waals surface area contributed by atoms with Crippen LogP contribution in [0.5, 0.6) is 0 Å². The van der Waals surface area contributed by atoms with Crippen molar-refractivity contribution in [3.63, 3.8) is 0 Å². The normalized spacial score (nSPS) is 13.0. The summed E-state index contributed by atoms with van der Waals surface area (Å²) in [6.45, 7) is 3.35. The molecule has 0 heterocycles. The van der Waals surface area contributed by atoms with Crippen molar-refractivity contribution >= 4 is 17.8 Å². The summed E-state index contributed by atoms with van der Waals surface area (Å²) in [5.41, 5.74) is 5.03. The fourth-order valence-corrected chi connectivity index (χ4v) is 1.86. The molecule has 3 N–H and O–H groups in total. The van der Waals surface area contributed by atoms with Crippen molar-refractivity contribution in [1.82, 2.24) is 5.32 Å². The van der Waals surface area contributed by atoms with Crippen LogP contribution in [0.3, 0.4) is 0 Å². The first-order chi connectivity index (χ1) is 10.8. The lowest BCUT2D eigenvalue weighted by molar-refractivity contribution is -0.147. The molecule has 1 rings (SSSR count). The lowest BCUT2D eigenvalue weighted by Crippen LogP contribution is -2.46. The third kappa shape index (κ3) is 5.32. The largest absolute Gasteiger partial charge is 0.466 e. The van der Waals surface area contributed by atoms with Gasteiger partial charge in [0.2, 0.25) is 5.91 Å². The molecule has 0 unspecified atom stereocenters. The standard InChI is InChI=1S/C15H18F2N2O4/c1-3-23-15(22)8(2)6-12(13(18)20)19-14(21)9-4-5-10(16)11(17)7-9/h4-5,7-8,12H,3,6H2,1-2H3,(H2,18,20)(H,19,21)/t8-,12+/m0/s1. The Kier molecular flexibility index (Phi) is 6.62. The van der Waals surface area contributed by atoms with Crippen molar-refractivity contribution in [2.45, 2.75) is 26.3 Å². The average molecular weight is 328 g/mol. The van der Waals surface area contributed by atoms with Crippen molar-refractivity contribution in [3.05, 3.63) is 35.4 Å². The van der Waals surface area contributed by atoms with Gasteiger partial charge in [-0.2, -0.15) is 0 Å². The Morgan fingerprint density at radius 1 is 1.26 bits per heavy atom. The number of esters is 1. The first kappa shape index (κ1) is 18.5. The molecule has 0 fully saturated rings. The molecule has 0 aliphatic carbocycles. The molecule has 0 spiro atoms. The summed E-state index contributed by atoms with van der Waals surface area (Å²) >= 11 is 0. The molecular formula is C15H18F2N2O4. The summed E-state index contributed by atoms with van der Waals surface area (Å²) < 4.78 is 30.8. The SMILES string of the molecule is CCOC(=O)[C@@H](C)C[C@@H](NC(=O)c1ccc(F)c(F)c1)C(N)=O. The third-order valence-electron chi connectivity index (χ3n) is 3.11. The van der Waals surface area contributed by atoms with E-state index in [1.807, 2.05) is 0 Å². The second kappa shape index (κ2) is 8.21. The monoisotopic (exact) mass is 328 g/mol. The van der Waals surface area contributed by atoms with Gasteiger partial charge in [0.15, 0.2) is 11.6 Å². The van der Waals surface area contributed by atoms with Crippen LogP contribution in [0.15, 0.2) is 18.2 Å². The van der Waals surface area contributed by atoms with E-state index in [0.717, 1.165) is 12.1 Å². The fourth-order valence-electron chi connectivity index (χ4n) is 1.86. The molecule has 0 saturated carbocycles. The van der Waals surface area contributed by atoms with E-state index in [9.17, 15) is 23.2 Å². The van der Waals surface area contributed by atoms with Crippen molar-refractivity contribution in [2.75, 3.05) is 6.61 Å². The summed E-state index contributed by atoms with van der Waals surface area (Å²) in [7, 11) is 0. The molecule has 8 heteroatoms. The number of primary amides is 1. The summed E-state index contributed by atoms with van der Waals surface area (Å²) in [4.78, 5) is 35.0. The van der Waals surface area contributed by atoms with E-state index < -0.39 is 41.4 Å². The zero-order valence-electron chi connectivity index (χ0n) is 12.8. The van der Waals surface area contributed by atoms with Crippen LogP contribution in [-0.4, -0.2) is 30.4 Å². The first-order valence-corrected chi connectivity index (χ1v) is 6.98. The van der Waals surface area contributed by atoms with E-state index >= 15 is 0 Å². The van der Waals surface area contributed by atoms with Gasteiger partial charge < -0.3 is 15.8 Å². The number of hydrogen-bond donors (Lipinski definition) is 2. The van der Waals surface area contributed by atoms with E-state index in [0.29, 0.717) is 6.07 Å². The van der Waals surface area contributed by atoms with E-state index in [-0.39, 0.29) is 18.6 Å². The van der Waals surface area contributed by atoms with Crippen LogP contribution < -0.4 is 11.1 Å². The number of ether oxygens (including phenoxy) is 1. The predicted octanol–water partition coefficient (Wildman–Crippen LogP) is 1.14. The first-order valence-electron chi connectivity index (χ1n) is 6.98. The molecule has 0 bridgehead atoms. The molecule has 126 valence electrons. The number of benzene rings is 1. The number of carbonyl (C=O) groups excluding carboxylic acids is 3. The van der Waals surface area contributed by atoms with Gasteiger partial charge in [-0.1, -0.05) is 6.92 Å². The van der Waals surface area contributed by atoms with Crippen LogP contribution in [0, 0.1) is 17.6 Å². The average Bonchev–Trinajstić information content (AvgIpc) is 2.49. The molecule has 0 aromatic heterocycles. The maximum atomic E-state index is 13.1. The molecule has 0 aliphatic rings. The van der Waals surface area contributed by atoms with Gasteiger partial charge >= 0.3 is 5.97 Å². The molecular weight excluding hydrogens is 310 g/mol. The van der Waals surface area contributed by atoms with Gasteiger partial charge in [-0.3, -0.25) is 14.4 Å². The minimum absolute atomic E-state index is 0.0659. The summed E-state index contributed by atoms with van der Waals surface area (Å²) in [5, 5.41) is 2.30. The summed E-state index contributed by atoms with van der Waals surface area (Å²) in [6, 6.07) is 1.43. The summed E-state index contributed by atoms with van der Waals surface area (Å²) in [6.07, 6.45) is -0.0659. The zero-order chi connectivity index (χ0) is 17.6. The van der Waals surface area contributed by atoms with Crippen LogP contribution in [0.1, 0.15) is 30.6 Å². The van der Waals surface area contributed by atoms with Crippen LogP contribution in [0.2, 0.25) is 0 Å². The number of nitrogens with one attached hydrogen (secondary N) is 1. The Morgan fingerprint density at radius 2 is 1.91 bits per heavy atom. The maximum Gasteiger partial charge on any atom is 0.308 e. The second-order valence-corrected chi connectivity index (χ2v) is 4.95. The van der Waals surface area contributed by atoms with Gasteiger partial charge in [-0.25, -0.2) is 8.78 Å². The smallest absolute Gasteiger partial charge is 0.308 e. The summed E-state index contributed by atoms with van der Waals surface area (Å²) in [5.74, 6) is -5.13. The van der Waals surface area contributed by atoms with E-state index in [2.05, 4.69) is 5.32 Å². The Hall–Kier alpha value is -2.51. The lowest BCUT2D eigenvalue weighted by atomic mass is 10.0. The minimum atomic E-state index is -1.19. The highest BCUT2D eigenvalue weighted by Crippen LogP contribution is 2.11. The third-order valence-corrected chi connectivity index (χ3v) is 3.11. The van der Waals surface area contributed by atoms with Crippen LogP contribution in [-0.2, 0) is 14.3 Å². The van der Waals surface area contributed by atoms with Crippen LogP contribution >= 0.6 is 0 Å². The molecule has 6 nitrogen and oxygen atoms in total. The van der Waals surface area contributed by atoms with E-state index in [1.54, 1.807) is 6.92 Å². The topological polar surface area (TPSA) is 98.5 Å². The molecule has 0 aliphatic heterocycles. The molecule has 1 aromatic rings. The van der Waals surface area contributed by atoms with Gasteiger partial charge in [0.05, 0.1) is 12.5 Å².